The van der Waals surface area contributed by atoms with Crippen LogP contribution in [0.4, 0.5) is 4.39 Å². The number of aliphatic hydroxyl groups excluding tert-OH is 1. The zero-order valence-corrected chi connectivity index (χ0v) is 30.4. The molecule has 1 saturated heterocycles. The van der Waals surface area contributed by atoms with Crippen LogP contribution in [0.3, 0.4) is 0 Å². The molecule has 1 aliphatic heterocycles. The zero-order chi connectivity index (χ0) is 35.9. The Labute approximate surface area is 304 Å². The number of ketones is 1. The number of para-hydroxylation sites is 2. The van der Waals surface area contributed by atoms with Crippen molar-refractivity contribution in [2.45, 2.75) is 102 Å². The van der Waals surface area contributed by atoms with Crippen LogP contribution in [0.15, 0.2) is 77.1 Å². The van der Waals surface area contributed by atoms with Gasteiger partial charge in [0.25, 0.3) is 0 Å². The second-order valence-electron chi connectivity index (χ2n) is 15.6. The number of aliphatic hydroxyl groups is 2. The number of imidazole rings is 1. The molecule has 4 atom stereocenters. The van der Waals surface area contributed by atoms with Crippen molar-refractivity contribution in [1.29, 1.82) is 0 Å². The van der Waals surface area contributed by atoms with Gasteiger partial charge in [0.05, 0.1) is 22.7 Å². The second-order valence-corrected chi connectivity index (χ2v) is 16.0. The Bertz CT molecular complexity index is 1990. The summed E-state index contributed by atoms with van der Waals surface area (Å²) < 4.78 is 16.8. The molecule has 7 nitrogen and oxygen atoms in total. The summed E-state index contributed by atoms with van der Waals surface area (Å²) >= 11 is 6.38. The van der Waals surface area contributed by atoms with E-state index >= 15 is 0 Å². The maximum atomic E-state index is 14.9. The van der Waals surface area contributed by atoms with Crippen molar-refractivity contribution in [2.75, 3.05) is 19.6 Å². The molecule has 1 aromatic heterocycles. The van der Waals surface area contributed by atoms with E-state index in [0.29, 0.717) is 37.8 Å². The van der Waals surface area contributed by atoms with Gasteiger partial charge in [-0.2, -0.15) is 0 Å². The van der Waals surface area contributed by atoms with Crippen LogP contribution in [-0.2, 0) is 12.8 Å². The first-order valence-corrected chi connectivity index (χ1v) is 18.9. The van der Waals surface area contributed by atoms with Crippen molar-refractivity contribution in [3.05, 3.63) is 116 Å². The Kier molecular flexibility index (Phi) is 10.2. The van der Waals surface area contributed by atoms with E-state index < -0.39 is 22.9 Å². The lowest BCUT2D eigenvalue weighted by Crippen LogP contribution is -2.54. The number of β-amino-alcohol motifs (C(OH)–C–C–N with tert-alkyl or cyclic N) is 1. The SMILES string of the molecule is CC1=CCC[C@@]2(C)[C@@H](CC[C@@]2(O)CN2CCC(n3c(=O)[nH]c4ccccc43)CC2)c2ccc(cc2C(=O)Cc2c(F)cccc2Cl)C[C@@H](O)CC1. The van der Waals surface area contributed by atoms with E-state index in [1.807, 2.05) is 47.0 Å². The van der Waals surface area contributed by atoms with Crippen molar-refractivity contribution >= 4 is 28.4 Å². The fraction of sp³-hybridized carbons (Fsp3) is 0.476. The van der Waals surface area contributed by atoms with Gasteiger partial charge in [0.2, 0.25) is 0 Å². The van der Waals surface area contributed by atoms with Gasteiger partial charge in [0.1, 0.15) is 5.82 Å². The summed E-state index contributed by atoms with van der Waals surface area (Å²) in [5.41, 5.74) is 3.78. The number of piperidine rings is 1. The molecule has 2 bridgehead atoms. The van der Waals surface area contributed by atoms with E-state index in [9.17, 15) is 24.2 Å². The minimum Gasteiger partial charge on any atom is -0.393 e. The Hall–Kier alpha value is -3.56. The first-order chi connectivity index (χ1) is 24.5. The lowest BCUT2D eigenvalue weighted by atomic mass is 9.64. The highest BCUT2D eigenvalue weighted by atomic mass is 35.5. The molecule has 0 amide bonds. The first-order valence-electron chi connectivity index (χ1n) is 18.5. The van der Waals surface area contributed by atoms with Gasteiger partial charge in [0.15, 0.2) is 5.78 Å². The Balaban J connectivity index is 1.19. The fourth-order valence-corrected chi connectivity index (χ4v) is 9.57. The standard InChI is InChI=1S/C42H49ClFN3O4/c1-27-7-6-19-41(2)34(16-20-42(41,51)26-46-21-17-29(18-22-46)47-38-11-4-3-10-37(38)45-40(47)50)31-15-13-28(23-30(48)14-12-27)24-32(31)39(49)25-33-35(43)8-5-9-36(33)44/h3-5,7-11,13,15,24,29-30,34,48,51H,6,12,14,16-23,25-26H2,1-2H3,(H,45,50)/t30-,34-,41-,42+/m0/s1. The highest BCUT2D eigenvalue weighted by Crippen LogP contribution is 2.59. The molecule has 2 heterocycles. The molecule has 0 unspecified atom stereocenters. The van der Waals surface area contributed by atoms with E-state index in [0.717, 1.165) is 67.4 Å². The summed E-state index contributed by atoms with van der Waals surface area (Å²) in [6.07, 6.45) is 7.75. The van der Waals surface area contributed by atoms with Gasteiger partial charge in [-0.25, -0.2) is 9.18 Å². The van der Waals surface area contributed by atoms with E-state index in [1.54, 1.807) is 6.07 Å². The Morgan fingerprint density at radius 1 is 1.04 bits per heavy atom. The molecule has 1 saturated carbocycles. The molecular formula is C42H49ClFN3O4. The van der Waals surface area contributed by atoms with Gasteiger partial charge in [-0.1, -0.05) is 60.5 Å². The molecule has 4 aliphatic rings. The highest BCUT2D eigenvalue weighted by molar-refractivity contribution is 6.31. The average molecular weight is 714 g/mol. The van der Waals surface area contributed by atoms with Crippen LogP contribution in [0.25, 0.3) is 11.0 Å². The highest BCUT2D eigenvalue weighted by Gasteiger charge is 2.57. The predicted molar refractivity (Wildman–Crippen MR) is 200 cm³/mol. The average Bonchev–Trinajstić information content (AvgIpc) is 3.57. The molecule has 8 rings (SSSR count). The third-order valence-electron chi connectivity index (χ3n) is 12.4. The number of hydrogen-bond donors (Lipinski definition) is 3. The lowest BCUT2D eigenvalue weighted by molar-refractivity contribution is -0.0870. The first kappa shape index (κ1) is 35.8. The largest absolute Gasteiger partial charge is 0.393 e. The number of likely N-dealkylation sites (tertiary alicyclic amines) is 1. The smallest absolute Gasteiger partial charge is 0.326 e. The number of Topliss-reactive ketones (excluding diaryl/α,β-unsaturated/α-hetero) is 1. The number of rotatable bonds is 6. The van der Waals surface area contributed by atoms with Gasteiger partial charge in [-0.05, 0) is 112 Å². The lowest BCUT2D eigenvalue weighted by Gasteiger charge is -2.47. The molecule has 3 aliphatic carbocycles. The van der Waals surface area contributed by atoms with E-state index in [2.05, 4.69) is 29.8 Å². The summed E-state index contributed by atoms with van der Waals surface area (Å²) in [5.74, 6) is -0.842. The molecule has 0 radical (unpaired) electrons. The molecule has 270 valence electrons. The quantitative estimate of drug-likeness (QED) is 0.139. The number of H-pyrrole nitrogens is 1. The molecule has 3 aromatic carbocycles. The summed E-state index contributed by atoms with van der Waals surface area (Å²) in [6, 6.07) is 18.3. The Morgan fingerprint density at radius 2 is 1.82 bits per heavy atom. The van der Waals surface area contributed by atoms with Crippen LogP contribution in [0, 0.1) is 11.2 Å². The second kappa shape index (κ2) is 14.5. The molecule has 4 aromatic rings. The topological polar surface area (TPSA) is 98.6 Å². The van der Waals surface area contributed by atoms with Crippen molar-refractivity contribution in [3.63, 3.8) is 0 Å². The van der Waals surface area contributed by atoms with Gasteiger partial charge < -0.3 is 20.1 Å². The number of nitrogens with one attached hydrogen (secondary N) is 1. The van der Waals surface area contributed by atoms with Crippen LogP contribution < -0.4 is 5.69 Å². The van der Waals surface area contributed by atoms with Crippen molar-refractivity contribution in [2.24, 2.45) is 5.41 Å². The summed E-state index contributed by atoms with van der Waals surface area (Å²) in [4.78, 5) is 32.5. The molecule has 3 N–H and O–H groups in total. The minimum absolute atomic E-state index is 0.0781. The number of nitrogens with zero attached hydrogens (tertiary/aromatic N) is 2. The number of allylic oxidation sites excluding steroid dienone is 2. The summed E-state index contributed by atoms with van der Waals surface area (Å²) in [7, 11) is 0. The van der Waals surface area contributed by atoms with Gasteiger partial charge in [-0.3, -0.25) is 9.36 Å². The summed E-state index contributed by atoms with van der Waals surface area (Å²) in [6.45, 7) is 6.35. The molecule has 0 spiro atoms. The van der Waals surface area contributed by atoms with Gasteiger partial charge in [-0.15, -0.1) is 0 Å². The number of carbonyl (C=O) groups excluding carboxylic acids is 1. The van der Waals surface area contributed by atoms with Crippen LogP contribution >= 0.6 is 11.6 Å². The summed E-state index contributed by atoms with van der Waals surface area (Å²) in [5, 5.41) is 24.0. The number of benzene rings is 3. The number of halogens is 2. The van der Waals surface area contributed by atoms with Crippen LogP contribution in [0.5, 0.6) is 0 Å². The normalized spacial score (nSPS) is 26.6. The molecule has 9 heteroatoms. The van der Waals surface area contributed by atoms with E-state index in [4.69, 9.17) is 11.6 Å². The third kappa shape index (κ3) is 7.00. The van der Waals surface area contributed by atoms with Gasteiger partial charge in [0, 0.05) is 53.7 Å². The third-order valence-corrected chi connectivity index (χ3v) is 12.8. The van der Waals surface area contributed by atoms with E-state index in [1.165, 1.54) is 17.7 Å². The molecule has 2 fully saturated rings. The maximum absolute atomic E-state index is 14.9. The van der Waals surface area contributed by atoms with Crippen molar-refractivity contribution < 1.29 is 19.4 Å². The van der Waals surface area contributed by atoms with Crippen LogP contribution in [0.2, 0.25) is 5.02 Å². The Morgan fingerprint density at radius 3 is 2.61 bits per heavy atom. The molecule has 51 heavy (non-hydrogen) atoms. The predicted octanol–water partition coefficient (Wildman–Crippen LogP) is 7.92. The van der Waals surface area contributed by atoms with Crippen molar-refractivity contribution in [1.82, 2.24) is 14.5 Å². The molecular weight excluding hydrogens is 665 g/mol. The monoisotopic (exact) mass is 713 g/mol. The number of aromatic nitrogens is 2. The number of fused-ring (bicyclic) bond motifs is 9. The maximum Gasteiger partial charge on any atom is 0.326 e. The van der Waals surface area contributed by atoms with E-state index in [-0.39, 0.29) is 40.4 Å². The van der Waals surface area contributed by atoms with Gasteiger partial charge >= 0.3 is 5.69 Å². The number of hydrogen-bond acceptors (Lipinski definition) is 5. The van der Waals surface area contributed by atoms with Crippen LogP contribution in [0.1, 0.15) is 104 Å². The number of carbonyl (C=O) groups is 1. The fourth-order valence-electron chi connectivity index (χ4n) is 9.34. The zero-order valence-electron chi connectivity index (χ0n) is 29.6. The minimum atomic E-state index is -1.02. The van der Waals surface area contributed by atoms with Crippen LogP contribution in [-0.4, -0.2) is 61.8 Å². The number of aromatic amines is 1. The van der Waals surface area contributed by atoms with Crippen molar-refractivity contribution in [3.8, 4) is 0 Å².